The Balaban J connectivity index is 0.00000220. The quantitative estimate of drug-likeness (QED) is 0.920. The number of nitrogens with two attached hydrogens (primary N) is 1. The highest BCUT2D eigenvalue weighted by atomic mass is 35.5. The minimum Gasteiger partial charge on any atom is -0.340 e. The molecule has 0 aliphatic heterocycles. The number of hydrogen-bond acceptors (Lipinski definition) is 3. The van der Waals surface area contributed by atoms with Crippen LogP contribution in [0.25, 0.3) is 0 Å². The molecule has 1 aromatic rings. The van der Waals surface area contributed by atoms with E-state index in [-0.39, 0.29) is 23.7 Å². The molecule has 0 fully saturated rings. The van der Waals surface area contributed by atoms with Crippen LogP contribution >= 0.6 is 23.7 Å². The highest BCUT2D eigenvalue weighted by Crippen LogP contribution is 2.32. The molecule has 120 valence electrons. The minimum atomic E-state index is -0.0319. The van der Waals surface area contributed by atoms with Crippen LogP contribution in [0.2, 0.25) is 0 Å². The lowest BCUT2D eigenvalue weighted by Gasteiger charge is -2.28. The van der Waals surface area contributed by atoms with E-state index in [1.165, 1.54) is 16.9 Å². The van der Waals surface area contributed by atoms with E-state index in [1.54, 1.807) is 11.3 Å². The average molecular weight is 331 g/mol. The smallest absolute Gasteiger partial charge is 0.263 e. The molecule has 21 heavy (non-hydrogen) atoms. The van der Waals surface area contributed by atoms with Crippen LogP contribution in [-0.2, 0) is 12.8 Å². The third-order valence-corrected chi connectivity index (χ3v) is 5.33. The maximum absolute atomic E-state index is 12.5. The Bertz CT molecular complexity index is 498. The molecule has 0 saturated carbocycles. The Kier molecular flexibility index (Phi) is 6.26. The van der Waals surface area contributed by atoms with Crippen LogP contribution in [0.5, 0.6) is 0 Å². The van der Waals surface area contributed by atoms with Gasteiger partial charge >= 0.3 is 0 Å². The van der Waals surface area contributed by atoms with Crippen molar-refractivity contribution >= 4 is 29.7 Å². The molecule has 0 saturated heterocycles. The molecule has 2 N–H and O–H groups in total. The Morgan fingerprint density at radius 1 is 1.52 bits per heavy atom. The molecule has 1 unspecified atom stereocenters. The maximum Gasteiger partial charge on any atom is 0.263 e. The van der Waals surface area contributed by atoms with Crippen LogP contribution in [0.3, 0.4) is 0 Å². The topological polar surface area (TPSA) is 46.3 Å². The molecular weight excluding hydrogens is 304 g/mol. The Morgan fingerprint density at radius 3 is 2.81 bits per heavy atom. The first kappa shape index (κ1) is 18.5. The monoisotopic (exact) mass is 330 g/mol. The number of halogens is 1. The van der Waals surface area contributed by atoms with Gasteiger partial charge in [-0.05, 0) is 48.8 Å². The van der Waals surface area contributed by atoms with Gasteiger partial charge in [0.05, 0.1) is 4.88 Å². The van der Waals surface area contributed by atoms with Crippen molar-refractivity contribution in [2.24, 2.45) is 17.1 Å². The Hall–Kier alpha value is -0.580. The molecule has 2 rings (SSSR count). The number of aryl methyl sites for hydroxylation is 1. The van der Waals surface area contributed by atoms with E-state index in [2.05, 4.69) is 26.8 Å². The van der Waals surface area contributed by atoms with E-state index in [4.69, 9.17) is 5.73 Å². The summed E-state index contributed by atoms with van der Waals surface area (Å²) in [6.45, 7) is 7.76. The van der Waals surface area contributed by atoms with Crippen molar-refractivity contribution < 1.29 is 4.79 Å². The number of nitrogens with zero attached hydrogens (tertiary/aromatic N) is 1. The zero-order valence-electron chi connectivity index (χ0n) is 13.4. The molecule has 1 aromatic heterocycles. The molecule has 1 heterocycles. The predicted molar refractivity (Wildman–Crippen MR) is 92.6 cm³/mol. The van der Waals surface area contributed by atoms with Gasteiger partial charge < -0.3 is 10.6 Å². The summed E-state index contributed by atoms with van der Waals surface area (Å²) in [5.41, 5.74) is 7.11. The number of carbonyl (C=O) groups is 1. The molecule has 0 bridgehead atoms. The van der Waals surface area contributed by atoms with Crippen molar-refractivity contribution in [1.29, 1.82) is 0 Å². The van der Waals surface area contributed by atoms with E-state index >= 15 is 0 Å². The summed E-state index contributed by atoms with van der Waals surface area (Å²) < 4.78 is 0. The number of fused-ring (bicyclic) bond motifs is 1. The van der Waals surface area contributed by atoms with Crippen LogP contribution in [-0.4, -0.2) is 30.9 Å². The fourth-order valence-electron chi connectivity index (χ4n) is 2.78. The highest BCUT2D eigenvalue weighted by Gasteiger charge is 2.25. The fourth-order valence-corrected chi connectivity index (χ4v) is 3.98. The third kappa shape index (κ3) is 4.44. The van der Waals surface area contributed by atoms with Gasteiger partial charge in [0, 0.05) is 18.5 Å². The molecule has 1 amide bonds. The summed E-state index contributed by atoms with van der Waals surface area (Å²) in [5, 5.41) is 0. The van der Waals surface area contributed by atoms with Crippen molar-refractivity contribution in [3.05, 3.63) is 21.4 Å². The second kappa shape index (κ2) is 7.12. The summed E-state index contributed by atoms with van der Waals surface area (Å²) in [4.78, 5) is 16.6. The number of hydrogen-bond donors (Lipinski definition) is 1. The van der Waals surface area contributed by atoms with Crippen molar-refractivity contribution in [3.63, 3.8) is 0 Å². The molecule has 0 radical (unpaired) electrons. The standard InChI is InChI=1S/C16H26N2OS.ClH/c1-11-5-6-13-12(7-11)8-14(20-13)15(19)18(4)10-16(2,3)9-17;/h8,11H,5-7,9-10,17H2,1-4H3;1H. The minimum absolute atomic E-state index is 0. The van der Waals surface area contributed by atoms with Crippen molar-refractivity contribution in [1.82, 2.24) is 4.90 Å². The first-order valence-corrected chi connectivity index (χ1v) is 8.21. The van der Waals surface area contributed by atoms with Gasteiger partial charge in [-0.25, -0.2) is 0 Å². The zero-order chi connectivity index (χ0) is 14.9. The van der Waals surface area contributed by atoms with E-state index in [0.29, 0.717) is 13.1 Å². The van der Waals surface area contributed by atoms with Crippen LogP contribution in [0.4, 0.5) is 0 Å². The molecule has 1 aliphatic rings. The normalized spacial score (nSPS) is 17.9. The van der Waals surface area contributed by atoms with Gasteiger partial charge in [-0.1, -0.05) is 20.8 Å². The van der Waals surface area contributed by atoms with Gasteiger partial charge in [0.25, 0.3) is 5.91 Å². The first-order valence-electron chi connectivity index (χ1n) is 7.39. The number of rotatable bonds is 4. The van der Waals surface area contributed by atoms with Crippen LogP contribution < -0.4 is 5.73 Å². The van der Waals surface area contributed by atoms with Gasteiger partial charge in [0.2, 0.25) is 0 Å². The van der Waals surface area contributed by atoms with Crippen molar-refractivity contribution in [2.75, 3.05) is 20.1 Å². The number of amides is 1. The fraction of sp³-hybridized carbons (Fsp3) is 0.688. The van der Waals surface area contributed by atoms with Gasteiger partial charge in [-0.2, -0.15) is 0 Å². The number of carbonyl (C=O) groups excluding carboxylic acids is 1. The van der Waals surface area contributed by atoms with E-state index < -0.39 is 0 Å². The van der Waals surface area contributed by atoms with Gasteiger partial charge in [-0.3, -0.25) is 4.79 Å². The molecule has 1 atom stereocenters. The molecule has 0 spiro atoms. The lowest BCUT2D eigenvalue weighted by atomic mass is 9.90. The highest BCUT2D eigenvalue weighted by molar-refractivity contribution is 7.14. The van der Waals surface area contributed by atoms with Crippen LogP contribution in [0, 0.1) is 11.3 Å². The lowest BCUT2D eigenvalue weighted by Crippen LogP contribution is -2.39. The van der Waals surface area contributed by atoms with Gasteiger partial charge in [-0.15, -0.1) is 23.7 Å². The molecule has 3 nitrogen and oxygen atoms in total. The maximum atomic E-state index is 12.5. The average Bonchev–Trinajstić information content (AvgIpc) is 2.80. The summed E-state index contributed by atoms with van der Waals surface area (Å²) in [7, 11) is 1.88. The van der Waals surface area contributed by atoms with Crippen LogP contribution in [0.15, 0.2) is 6.07 Å². The molecule has 1 aliphatic carbocycles. The second-order valence-corrected chi connectivity index (χ2v) is 8.07. The molecule has 5 heteroatoms. The predicted octanol–water partition coefficient (Wildman–Crippen LogP) is 3.35. The van der Waals surface area contributed by atoms with Gasteiger partial charge in [0.15, 0.2) is 0 Å². The first-order chi connectivity index (χ1) is 9.32. The van der Waals surface area contributed by atoms with Crippen LogP contribution in [0.1, 0.15) is 47.3 Å². The second-order valence-electron chi connectivity index (χ2n) is 6.94. The summed E-state index contributed by atoms with van der Waals surface area (Å²) in [6.07, 6.45) is 3.50. The lowest BCUT2D eigenvalue weighted by molar-refractivity contribution is 0.0745. The van der Waals surface area contributed by atoms with E-state index in [9.17, 15) is 4.79 Å². The summed E-state index contributed by atoms with van der Waals surface area (Å²) >= 11 is 1.68. The SMILES string of the molecule is CC1CCc2sc(C(=O)N(C)CC(C)(C)CN)cc2C1.Cl. The molecule has 0 aromatic carbocycles. The Morgan fingerprint density at radius 2 is 2.19 bits per heavy atom. The van der Waals surface area contributed by atoms with E-state index in [0.717, 1.165) is 23.6 Å². The van der Waals surface area contributed by atoms with Gasteiger partial charge in [0.1, 0.15) is 0 Å². The third-order valence-electron chi connectivity index (χ3n) is 4.10. The number of thiophene rings is 1. The Labute approximate surface area is 138 Å². The summed E-state index contributed by atoms with van der Waals surface area (Å²) in [6, 6.07) is 2.12. The van der Waals surface area contributed by atoms with Crippen molar-refractivity contribution in [3.8, 4) is 0 Å². The zero-order valence-corrected chi connectivity index (χ0v) is 15.1. The van der Waals surface area contributed by atoms with E-state index in [1.807, 2.05) is 11.9 Å². The summed E-state index contributed by atoms with van der Waals surface area (Å²) in [5.74, 6) is 0.882. The largest absolute Gasteiger partial charge is 0.340 e. The van der Waals surface area contributed by atoms with Crippen molar-refractivity contribution in [2.45, 2.75) is 40.0 Å². The molecular formula is C16H27ClN2OS.